The molecule has 146 valence electrons. The number of ether oxygens (including phenoxy) is 2. The second kappa shape index (κ2) is 7.63. The van der Waals surface area contributed by atoms with Gasteiger partial charge in [-0.15, -0.1) is 0 Å². The monoisotopic (exact) mass is 372 g/mol. The normalized spacial score (nSPS) is 19.6. The third-order valence-corrected chi connectivity index (χ3v) is 4.92. The summed E-state index contributed by atoms with van der Waals surface area (Å²) in [6, 6.07) is 6.08. The Morgan fingerprint density at radius 1 is 1.33 bits per heavy atom. The van der Waals surface area contributed by atoms with E-state index in [1.54, 1.807) is 11.1 Å². The van der Waals surface area contributed by atoms with Crippen LogP contribution >= 0.6 is 0 Å². The Morgan fingerprint density at radius 3 is 2.52 bits per heavy atom. The number of piperidine rings is 1. The van der Waals surface area contributed by atoms with Crippen molar-refractivity contribution in [2.24, 2.45) is 0 Å². The molecule has 7 heteroatoms. The lowest BCUT2D eigenvalue weighted by Crippen LogP contribution is -2.44. The van der Waals surface area contributed by atoms with Crippen molar-refractivity contribution in [2.75, 3.05) is 18.4 Å². The summed E-state index contributed by atoms with van der Waals surface area (Å²) in [7, 11) is 0. The number of likely N-dealkylation sites (tertiary alicyclic amines) is 1. The van der Waals surface area contributed by atoms with Gasteiger partial charge in [-0.25, -0.2) is 9.78 Å². The average Bonchev–Trinajstić information content (AvgIpc) is 2.59. The third kappa shape index (κ3) is 5.03. The Hall–Kier alpha value is -2.49. The molecule has 0 spiro atoms. The minimum absolute atomic E-state index is 0.0343. The molecule has 1 aromatic rings. The molecule has 1 aromatic heterocycles. The lowest BCUT2D eigenvalue weighted by molar-refractivity contribution is 0.0123. The Labute approximate surface area is 160 Å². The smallest absolute Gasteiger partial charge is 0.410 e. The second-order valence-corrected chi connectivity index (χ2v) is 8.34. The van der Waals surface area contributed by atoms with Crippen molar-refractivity contribution in [1.29, 1.82) is 5.26 Å². The van der Waals surface area contributed by atoms with Crippen molar-refractivity contribution in [3.05, 3.63) is 18.3 Å². The van der Waals surface area contributed by atoms with Gasteiger partial charge in [0, 0.05) is 32.0 Å². The van der Waals surface area contributed by atoms with E-state index < -0.39 is 11.1 Å². The molecule has 1 amide bonds. The van der Waals surface area contributed by atoms with Crippen LogP contribution in [0.3, 0.4) is 0 Å². The van der Waals surface area contributed by atoms with Crippen LogP contribution in [-0.4, -0.2) is 46.3 Å². The van der Waals surface area contributed by atoms with Gasteiger partial charge in [-0.2, -0.15) is 5.26 Å². The van der Waals surface area contributed by atoms with E-state index >= 15 is 0 Å². The summed E-state index contributed by atoms with van der Waals surface area (Å²) < 4.78 is 11.4. The minimum Gasteiger partial charge on any atom is -0.474 e. The fourth-order valence-corrected chi connectivity index (χ4v) is 3.25. The van der Waals surface area contributed by atoms with E-state index in [1.165, 1.54) is 0 Å². The summed E-state index contributed by atoms with van der Waals surface area (Å²) >= 11 is 0. The van der Waals surface area contributed by atoms with Crippen molar-refractivity contribution in [2.45, 2.75) is 70.1 Å². The number of rotatable bonds is 4. The predicted molar refractivity (Wildman–Crippen MR) is 102 cm³/mol. The Balaban J connectivity index is 1.46. The standard InChI is InChI=1S/C20H28N4O3/c1-19(2,3)27-18(25)24-11-7-16(8-12-24)26-17-6-5-15(13-22-17)23-20(14-21)9-4-10-20/h5-6,13,16,23H,4,7-12H2,1-3H3. The highest BCUT2D eigenvalue weighted by Crippen LogP contribution is 2.34. The van der Waals surface area contributed by atoms with Gasteiger partial charge in [0.25, 0.3) is 0 Å². The number of pyridine rings is 1. The minimum atomic E-state index is -0.478. The van der Waals surface area contributed by atoms with E-state index in [0.29, 0.717) is 19.0 Å². The molecule has 1 aliphatic heterocycles. The van der Waals surface area contributed by atoms with Crippen LogP contribution in [0.2, 0.25) is 0 Å². The summed E-state index contributed by atoms with van der Waals surface area (Å²) in [5.74, 6) is 0.566. The summed E-state index contributed by atoms with van der Waals surface area (Å²) in [4.78, 5) is 18.2. The van der Waals surface area contributed by atoms with Gasteiger partial charge < -0.3 is 19.7 Å². The molecule has 1 saturated carbocycles. The number of hydrogen-bond acceptors (Lipinski definition) is 6. The molecule has 3 rings (SSSR count). The number of nitriles is 1. The van der Waals surface area contributed by atoms with Gasteiger partial charge in [-0.1, -0.05) is 0 Å². The van der Waals surface area contributed by atoms with E-state index in [9.17, 15) is 10.1 Å². The van der Waals surface area contributed by atoms with E-state index in [2.05, 4.69) is 16.4 Å². The Kier molecular flexibility index (Phi) is 5.45. The van der Waals surface area contributed by atoms with Gasteiger partial charge >= 0.3 is 6.09 Å². The zero-order valence-electron chi connectivity index (χ0n) is 16.3. The summed E-state index contributed by atoms with van der Waals surface area (Å²) in [6.07, 6.45) is 5.80. The van der Waals surface area contributed by atoms with Crippen molar-refractivity contribution < 1.29 is 14.3 Å². The van der Waals surface area contributed by atoms with Gasteiger partial charge in [0.2, 0.25) is 5.88 Å². The van der Waals surface area contributed by atoms with Gasteiger partial charge in [-0.3, -0.25) is 0 Å². The van der Waals surface area contributed by atoms with Gasteiger partial charge in [0.1, 0.15) is 17.2 Å². The first kappa shape index (κ1) is 19.3. The highest BCUT2D eigenvalue weighted by molar-refractivity contribution is 5.68. The number of aromatic nitrogens is 1. The van der Waals surface area contributed by atoms with Crippen molar-refractivity contribution in [3.63, 3.8) is 0 Å². The Bertz CT molecular complexity index is 693. The van der Waals surface area contributed by atoms with Crippen LogP contribution < -0.4 is 10.1 Å². The lowest BCUT2D eigenvalue weighted by atomic mass is 9.78. The fourth-order valence-electron chi connectivity index (χ4n) is 3.25. The van der Waals surface area contributed by atoms with Crippen LogP contribution in [0.5, 0.6) is 5.88 Å². The van der Waals surface area contributed by atoms with Crippen molar-refractivity contribution >= 4 is 11.8 Å². The molecule has 0 unspecified atom stereocenters. The molecule has 1 saturated heterocycles. The topological polar surface area (TPSA) is 87.5 Å². The van der Waals surface area contributed by atoms with Crippen molar-refractivity contribution in [1.82, 2.24) is 9.88 Å². The van der Waals surface area contributed by atoms with Crippen LogP contribution in [0.25, 0.3) is 0 Å². The van der Waals surface area contributed by atoms with E-state index in [-0.39, 0.29) is 12.2 Å². The second-order valence-electron chi connectivity index (χ2n) is 8.34. The molecule has 1 aliphatic carbocycles. The molecular weight excluding hydrogens is 344 g/mol. The molecule has 2 heterocycles. The van der Waals surface area contributed by atoms with Gasteiger partial charge in [0.15, 0.2) is 0 Å². The zero-order chi connectivity index (χ0) is 19.5. The number of nitrogens with one attached hydrogen (secondary N) is 1. The molecule has 2 aliphatic rings. The number of carbonyl (C=O) groups excluding carboxylic acids is 1. The van der Waals surface area contributed by atoms with Crippen LogP contribution in [0.4, 0.5) is 10.5 Å². The lowest BCUT2D eigenvalue weighted by Gasteiger charge is -2.36. The number of carbonyl (C=O) groups is 1. The zero-order valence-corrected chi connectivity index (χ0v) is 16.3. The van der Waals surface area contributed by atoms with Gasteiger partial charge in [0.05, 0.1) is 18.0 Å². The van der Waals surface area contributed by atoms with Crippen LogP contribution in [0.1, 0.15) is 52.9 Å². The number of hydrogen-bond donors (Lipinski definition) is 1. The van der Waals surface area contributed by atoms with E-state index in [0.717, 1.165) is 37.8 Å². The van der Waals surface area contributed by atoms with Crippen LogP contribution in [0, 0.1) is 11.3 Å². The third-order valence-electron chi connectivity index (χ3n) is 4.92. The SMILES string of the molecule is CC(C)(C)OC(=O)N1CCC(Oc2ccc(NC3(C#N)CCC3)cn2)CC1. The maximum atomic E-state index is 12.1. The summed E-state index contributed by atoms with van der Waals surface area (Å²) in [6.45, 7) is 6.84. The Morgan fingerprint density at radius 2 is 2.04 bits per heavy atom. The maximum Gasteiger partial charge on any atom is 0.410 e. The highest BCUT2D eigenvalue weighted by Gasteiger charge is 2.37. The predicted octanol–water partition coefficient (Wildman–Crippen LogP) is 3.72. The number of nitrogens with zero attached hydrogens (tertiary/aromatic N) is 3. The van der Waals surface area contributed by atoms with E-state index in [4.69, 9.17) is 9.47 Å². The first-order chi connectivity index (χ1) is 12.8. The number of amides is 1. The van der Waals surface area contributed by atoms with Crippen LogP contribution in [-0.2, 0) is 4.74 Å². The largest absolute Gasteiger partial charge is 0.474 e. The summed E-state index contributed by atoms with van der Waals surface area (Å²) in [5.41, 5.74) is -0.0740. The maximum absolute atomic E-state index is 12.1. The first-order valence-electron chi connectivity index (χ1n) is 9.59. The van der Waals surface area contributed by atoms with E-state index in [1.807, 2.05) is 32.9 Å². The quantitative estimate of drug-likeness (QED) is 0.867. The van der Waals surface area contributed by atoms with Crippen molar-refractivity contribution in [3.8, 4) is 11.9 Å². The molecule has 1 N–H and O–H groups in total. The summed E-state index contributed by atoms with van der Waals surface area (Å²) in [5, 5.41) is 12.6. The molecule has 0 aromatic carbocycles. The molecule has 0 atom stereocenters. The highest BCUT2D eigenvalue weighted by atomic mass is 16.6. The molecular formula is C20H28N4O3. The molecule has 0 bridgehead atoms. The molecule has 2 fully saturated rings. The van der Waals surface area contributed by atoms with Gasteiger partial charge in [-0.05, 0) is 46.1 Å². The molecule has 7 nitrogen and oxygen atoms in total. The average molecular weight is 372 g/mol. The first-order valence-corrected chi connectivity index (χ1v) is 9.59. The van der Waals surface area contributed by atoms with Crippen LogP contribution in [0.15, 0.2) is 18.3 Å². The molecule has 27 heavy (non-hydrogen) atoms. The number of anilines is 1. The fraction of sp³-hybridized carbons (Fsp3) is 0.650. The molecule has 0 radical (unpaired) electrons.